The average molecular weight is 418 g/mol. The number of carbonyl (C=O) groups excluding carboxylic acids is 2. The number of fused-ring (bicyclic) bond motifs is 2. The summed E-state index contributed by atoms with van der Waals surface area (Å²) in [7, 11) is 0. The highest BCUT2D eigenvalue weighted by molar-refractivity contribution is 7.20. The molecular formula is C21H27N3O4S. The minimum Gasteiger partial charge on any atom is -0.448 e. The van der Waals surface area contributed by atoms with Crippen molar-refractivity contribution in [1.82, 2.24) is 14.9 Å². The average Bonchev–Trinajstić information content (AvgIpc) is 3.19. The van der Waals surface area contributed by atoms with Crippen molar-refractivity contribution in [3.05, 3.63) is 26.6 Å². The van der Waals surface area contributed by atoms with Crippen molar-refractivity contribution in [3.63, 3.8) is 0 Å². The molecule has 1 atom stereocenters. The van der Waals surface area contributed by atoms with E-state index in [4.69, 9.17) is 4.74 Å². The van der Waals surface area contributed by atoms with Gasteiger partial charge in [0.15, 0.2) is 6.10 Å². The molecule has 1 saturated carbocycles. The number of nitrogens with one attached hydrogen (secondary N) is 1. The third-order valence-electron chi connectivity index (χ3n) is 5.95. The lowest BCUT2D eigenvalue weighted by molar-refractivity contribution is -0.129. The third-order valence-corrected chi connectivity index (χ3v) is 7.12. The maximum absolute atomic E-state index is 12.8. The molecule has 0 spiro atoms. The van der Waals surface area contributed by atoms with E-state index in [1.807, 2.05) is 0 Å². The highest BCUT2D eigenvalue weighted by atomic mass is 32.1. The number of amides is 1. The number of aromatic nitrogens is 2. The lowest BCUT2D eigenvalue weighted by Gasteiger charge is -2.19. The van der Waals surface area contributed by atoms with E-state index in [2.05, 4.69) is 10.3 Å². The highest BCUT2D eigenvalue weighted by Crippen LogP contribution is 2.29. The fraction of sp³-hybridized carbons (Fsp3) is 0.619. The van der Waals surface area contributed by atoms with Crippen LogP contribution in [0.4, 0.5) is 0 Å². The number of thiophene rings is 1. The van der Waals surface area contributed by atoms with Crippen LogP contribution in [0.25, 0.3) is 10.2 Å². The topological polar surface area (TPSA) is 90.3 Å². The van der Waals surface area contributed by atoms with Crippen LogP contribution in [0.1, 0.15) is 72.9 Å². The van der Waals surface area contributed by atoms with E-state index in [1.54, 1.807) is 18.4 Å². The summed E-state index contributed by atoms with van der Waals surface area (Å²) in [6.07, 6.45) is 7.42. The second kappa shape index (κ2) is 8.26. The maximum atomic E-state index is 12.8. The first kappa shape index (κ1) is 20.1. The number of nitrogens with zero attached hydrogens (tertiary/aromatic N) is 2. The number of aryl methyl sites for hydroxylation is 2. The van der Waals surface area contributed by atoms with E-state index in [-0.39, 0.29) is 17.5 Å². The molecule has 1 amide bonds. The zero-order valence-electron chi connectivity index (χ0n) is 17.0. The van der Waals surface area contributed by atoms with Crippen LogP contribution >= 0.6 is 11.3 Å². The van der Waals surface area contributed by atoms with Gasteiger partial charge in [0.2, 0.25) is 0 Å². The van der Waals surface area contributed by atoms with Gasteiger partial charge in [-0.05, 0) is 38.7 Å². The van der Waals surface area contributed by atoms with Gasteiger partial charge in [0.1, 0.15) is 15.5 Å². The van der Waals surface area contributed by atoms with Crippen LogP contribution in [-0.4, -0.2) is 33.6 Å². The van der Waals surface area contributed by atoms with Crippen molar-refractivity contribution < 1.29 is 14.3 Å². The summed E-state index contributed by atoms with van der Waals surface area (Å²) < 4.78 is 7.14. The van der Waals surface area contributed by atoms with Gasteiger partial charge in [-0.15, -0.1) is 11.3 Å². The van der Waals surface area contributed by atoms with Gasteiger partial charge in [-0.25, -0.2) is 9.78 Å². The number of carbonyl (C=O) groups is 2. The normalized spacial score (nSPS) is 18.3. The Hall–Kier alpha value is -2.22. The van der Waals surface area contributed by atoms with Crippen molar-refractivity contribution in [3.8, 4) is 0 Å². The van der Waals surface area contributed by atoms with Crippen molar-refractivity contribution in [2.75, 3.05) is 0 Å². The lowest BCUT2D eigenvalue weighted by atomic mass is 10.1. The summed E-state index contributed by atoms with van der Waals surface area (Å²) in [4.78, 5) is 43.5. The van der Waals surface area contributed by atoms with E-state index in [9.17, 15) is 14.4 Å². The maximum Gasteiger partial charge on any atom is 0.349 e. The minimum atomic E-state index is -0.880. The fourth-order valence-corrected chi connectivity index (χ4v) is 5.35. The van der Waals surface area contributed by atoms with Gasteiger partial charge >= 0.3 is 5.97 Å². The van der Waals surface area contributed by atoms with Crippen LogP contribution in [0, 0.1) is 6.92 Å². The first-order valence-corrected chi connectivity index (χ1v) is 11.3. The van der Waals surface area contributed by atoms with Crippen LogP contribution in [0.15, 0.2) is 4.79 Å². The van der Waals surface area contributed by atoms with E-state index >= 15 is 0 Å². The molecule has 0 bridgehead atoms. The molecule has 3 heterocycles. The molecule has 1 aliphatic carbocycles. The number of hydrogen-bond acceptors (Lipinski definition) is 6. The SMILES string of the molecule is Cc1c(C(=O)O[C@H](C)C(=O)NC2CCCCCC2)sc2nc3n(c(=O)c12)CCC3. The zero-order chi connectivity index (χ0) is 20.5. The summed E-state index contributed by atoms with van der Waals surface area (Å²) >= 11 is 1.17. The fourth-order valence-electron chi connectivity index (χ4n) is 4.28. The molecule has 7 nitrogen and oxygen atoms in total. The van der Waals surface area contributed by atoms with Gasteiger partial charge in [-0.3, -0.25) is 14.2 Å². The Kier molecular flexibility index (Phi) is 5.72. The molecule has 0 unspecified atom stereocenters. The van der Waals surface area contributed by atoms with Gasteiger partial charge in [-0.2, -0.15) is 0 Å². The van der Waals surface area contributed by atoms with Crippen molar-refractivity contribution in [1.29, 1.82) is 0 Å². The zero-order valence-corrected chi connectivity index (χ0v) is 17.8. The predicted octanol–water partition coefficient (Wildman–Crippen LogP) is 3.10. The van der Waals surface area contributed by atoms with E-state index in [0.29, 0.717) is 27.2 Å². The molecule has 29 heavy (non-hydrogen) atoms. The monoisotopic (exact) mass is 417 g/mol. The molecule has 4 rings (SSSR count). The van der Waals surface area contributed by atoms with Crippen molar-refractivity contribution in [2.24, 2.45) is 0 Å². The number of esters is 1. The summed E-state index contributed by atoms with van der Waals surface area (Å²) in [6, 6.07) is 0.156. The third kappa shape index (κ3) is 3.95. The number of rotatable bonds is 4. The molecule has 2 aromatic heterocycles. The van der Waals surface area contributed by atoms with E-state index in [0.717, 1.165) is 44.3 Å². The smallest absolute Gasteiger partial charge is 0.349 e. The Bertz CT molecular complexity index is 1000. The van der Waals surface area contributed by atoms with Crippen LogP contribution in [0.2, 0.25) is 0 Å². The molecular weight excluding hydrogens is 390 g/mol. The summed E-state index contributed by atoms with van der Waals surface area (Å²) in [6.45, 7) is 4.01. The Balaban J connectivity index is 1.48. The van der Waals surface area contributed by atoms with Gasteiger partial charge in [0.05, 0.1) is 5.39 Å². The second-order valence-electron chi connectivity index (χ2n) is 8.07. The van der Waals surface area contributed by atoms with Gasteiger partial charge in [0.25, 0.3) is 11.5 Å². The van der Waals surface area contributed by atoms with E-state index in [1.165, 1.54) is 24.2 Å². The van der Waals surface area contributed by atoms with Crippen molar-refractivity contribution in [2.45, 2.75) is 83.9 Å². The van der Waals surface area contributed by atoms with Crippen LogP contribution in [0.3, 0.4) is 0 Å². The Morgan fingerprint density at radius 2 is 1.93 bits per heavy atom. The lowest BCUT2D eigenvalue weighted by Crippen LogP contribution is -2.41. The Morgan fingerprint density at radius 1 is 1.21 bits per heavy atom. The molecule has 1 N–H and O–H groups in total. The van der Waals surface area contributed by atoms with Crippen LogP contribution in [-0.2, 0) is 22.5 Å². The highest BCUT2D eigenvalue weighted by Gasteiger charge is 2.27. The van der Waals surface area contributed by atoms with E-state index < -0.39 is 12.1 Å². The standard InChI is InChI=1S/C21H27N3O4S/c1-12-16-19(23-15-10-7-11-24(15)20(16)26)29-17(12)21(27)28-13(2)18(25)22-14-8-5-3-4-6-9-14/h13-14H,3-11H2,1-2H3,(H,22,25)/t13-/m1/s1. The molecule has 0 saturated heterocycles. The molecule has 2 aromatic rings. The number of hydrogen-bond donors (Lipinski definition) is 1. The van der Waals surface area contributed by atoms with Gasteiger partial charge in [-0.1, -0.05) is 25.7 Å². The first-order valence-electron chi connectivity index (χ1n) is 10.5. The second-order valence-corrected chi connectivity index (χ2v) is 9.07. The number of ether oxygens (including phenoxy) is 1. The molecule has 1 aliphatic heterocycles. The predicted molar refractivity (Wildman–Crippen MR) is 111 cm³/mol. The van der Waals surface area contributed by atoms with Crippen LogP contribution in [0.5, 0.6) is 0 Å². The molecule has 0 radical (unpaired) electrons. The largest absolute Gasteiger partial charge is 0.448 e. The molecule has 156 valence electrons. The first-order chi connectivity index (χ1) is 14.0. The van der Waals surface area contributed by atoms with Gasteiger partial charge in [0, 0.05) is 19.0 Å². The summed E-state index contributed by atoms with van der Waals surface area (Å²) in [5, 5.41) is 3.51. The minimum absolute atomic E-state index is 0.0885. The quantitative estimate of drug-likeness (QED) is 0.610. The molecule has 2 aliphatic rings. The molecule has 0 aromatic carbocycles. The Labute approximate surface area is 173 Å². The van der Waals surface area contributed by atoms with Crippen LogP contribution < -0.4 is 10.9 Å². The van der Waals surface area contributed by atoms with Gasteiger partial charge < -0.3 is 10.1 Å². The van der Waals surface area contributed by atoms with Crippen molar-refractivity contribution >= 4 is 33.4 Å². The molecule has 8 heteroatoms. The summed E-state index contributed by atoms with van der Waals surface area (Å²) in [5.74, 6) is -0.0559. The summed E-state index contributed by atoms with van der Waals surface area (Å²) in [5.41, 5.74) is 0.500. The molecule has 1 fully saturated rings. The Morgan fingerprint density at radius 3 is 2.66 bits per heavy atom.